The Morgan fingerprint density at radius 2 is 2.06 bits per heavy atom. The van der Waals surface area contributed by atoms with Crippen LogP contribution in [-0.4, -0.2) is 4.98 Å². The van der Waals surface area contributed by atoms with E-state index in [1.807, 2.05) is 12.3 Å². The van der Waals surface area contributed by atoms with Crippen molar-refractivity contribution in [3.63, 3.8) is 0 Å². The second kappa shape index (κ2) is 5.48. The van der Waals surface area contributed by atoms with Gasteiger partial charge in [0.15, 0.2) is 0 Å². The van der Waals surface area contributed by atoms with E-state index in [9.17, 15) is 0 Å². The number of hydrogen-bond acceptors (Lipinski definition) is 2. The molecular weight excluding hydrogens is 208 g/mol. The molecule has 88 valence electrons. The predicted octanol–water partition coefficient (Wildman–Crippen LogP) is 3.56. The van der Waals surface area contributed by atoms with Crippen LogP contribution in [0.5, 0.6) is 0 Å². The summed E-state index contributed by atoms with van der Waals surface area (Å²) in [5.41, 5.74) is 5.17. The normalized spacial score (nSPS) is 10.2. The predicted molar refractivity (Wildman–Crippen MR) is 72.1 cm³/mol. The van der Waals surface area contributed by atoms with Crippen molar-refractivity contribution in [1.82, 2.24) is 4.98 Å². The number of anilines is 1. The summed E-state index contributed by atoms with van der Waals surface area (Å²) in [6.07, 6.45) is 4.77. The fourth-order valence-corrected chi connectivity index (χ4v) is 1.96. The molecule has 0 aliphatic rings. The van der Waals surface area contributed by atoms with Gasteiger partial charge in [0.2, 0.25) is 0 Å². The third-order valence-corrected chi connectivity index (χ3v) is 3.03. The minimum atomic E-state index is 0.821. The molecule has 0 saturated carbocycles. The molecule has 0 saturated heterocycles. The number of aromatic nitrogens is 1. The number of nitrogens with one attached hydrogen (secondary N) is 1. The van der Waals surface area contributed by atoms with Crippen LogP contribution in [-0.2, 0) is 13.0 Å². The summed E-state index contributed by atoms with van der Waals surface area (Å²) in [6.45, 7) is 5.18. The summed E-state index contributed by atoms with van der Waals surface area (Å²) < 4.78 is 0. The van der Waals surface area contributed by atoms with Gasteiger partial charge >= 0.3 is 0 Å². The van der Waals surface area contributed by atoms with E-state index in [1.54, 1.807) is 6.20 Å². The van der Waals surface area contributed by atoms with E-state index >= 15 is 0 Å². The van der Waals surface area contributed by atoms with Crippen molar-refractivity contribution in [3.8, 4) is 0 Å². The van der Waals surface area contributed by atoms with Crippen LogP contribution in [0.15, 0.2) is 42.7 Å². The molecule has 0 atom stereocenters. The quantitative estimate of drug-likeness (QED) is 0.862. The van der Waals surface area contributed by atoms with Crippen LogP contribution in [0.25, 0.3) is 0 Å². The van der Waals surface area contributed by atoms with E-state index < -0.39 is 0 Å². The number of rotatable bonds is 4. The highest BCUT2D eigenvalue weighted by Crippen LogP contribution is 2.19. The molecule has 0 bridgehead atoms. The van der Waals surface area contributed by atoms with Gasteiger partial charge in [0.05, 0.1) is 0 Å². The molecule has 2 heteroatoms. The van der Waals surface area contributed by atoms with Crippen LogP contribution >= 0.6 is 0 Å². The Morgan fingerprint density at radius 3 is 2.76 bits per heavy atom. The van der Waals surface area contributed by atoms with Crippen molar-refractivity contribution in [2.24, 2.45) is 0 Å². The van der Waals surface area contributed by atoms with Crippen molar-refractivity contribution in [2.45, 2.75) is 26.8 Å². The summed E-state index contributed by atoms with van der Waals surface area (Å²) >= 11 is 0. The van der Waals surface area contributed by atoms with Crippen molar-refractivity contribution in [2.75, 3.05) is 5.32 Å². The number of nitrogens with zero attached hydrogens (tertiary/aromatic N) is 1. The smallest absolute Gasteiger partial charge is 0.0416 e. The first-order valence-corrected chi connectivity index (χ1v) is 6.02. The first-order chi connectivity index (χ1) is 8.31. The molecule has 2 aromatic rings. The Bertz CT molecular complexity index is 478. The van der Waals surface area contributed by atoms with Crippen LogP contribution in [0.3, 0.4) is 0 Å². The SMILES string of the molecule is CCc1cccc(NCc2cccnc2)c1C. The van der Waals surface area contributed by atoms with Gasteiger partial charge in [-0.3, -0.25) is 4.98 Å². The van der Waals surface area contributed by atoms with Crippen LogP contribution in [0.4, 0.5) is 5.69 Å². The fourth-order valence-electron chi connectivity index (χ4n) is 1.96. The molecule has 0 fully saturated rings. The third-order valence-electron chi connectivity index (χ3n) is 3.03. The van der Waals surface area contributed by atoms with Crippen LogP contribution in [0.1, 0.15) is 23.6 Å². The Labute approximate surface area is 103 Å². The zero-order valence-electron chi connectivity index (χ0n) is 10.4. The lowest BCUT2D eigenvalue weighted by atomic mass is 10.0. The van der Waals surface area contributed by atoms with Gasteiger partial charge in [-0.25, -0.2) is 0 Å². The van der Waals surface area contributed by atoms with Crippen LogP contribution in [0.2, 0.25) is 0 Å². The standard InChI is InChI=1S/C15H18N2/c1-3-14-7-4-8-15(12(14)2)17-11-13-6-5-9-16-10-13/h4-10,17H,3,11H2,1-2H3. The summed E-state index contributed by atoms with van der Waals surface area (Å²) in [7, 11) is 0. The minimum absolute atomic E-state index is 0.821. The molecule has 0 aliphatic heterocycles. The maximum Gasteiger partial charge on any atom is 0.0416 e. The summed E-state index contributed by atoms with van der Waals surface area (Å²) in [4.78, 5) is 4.11. The zero-order chi connectivity index (χ0) is 12.1. The van der Waals surface area contributed by atoms with Crippen molar-refractivity contribution in [3.05, 3.63) is 59.4 Å². The summed E-state index contributed by atoms with van der Waals surface area (Å²) in [6, 6.07) is 10.5. The van der Waals surface area contributed by atoms with Gasteiger partial charge in [-0.05, 0) is 42.2 Å². The molecule has 2 rings (SSSR count). The van der Waals surface area contributed by atoms with Gasteiger partial charge in [0.1, 0.15) is 0 Å². The maximum atomic E-state index is 4.11. The molecule has 1 heterocycles. The third kappa shape index (κ3) is 2.84. The lowest BCUT2D eigenvalue weighted by Crippen LogP contribution is -2.02. The number of pyridine rings is 1. The Morgan fingerprint density at radius 1 is 1.18 bits per heavy atom. The van der Waals surface area contributed by atoms with Crippen molar-refractivity contribution < 1.29 is 0 Å². The van der Waals surface area contributed by atoms with E-state index in [0.29, 0.717) is 0 Å². The minimum Gasteiger partial charge on any atom is -0.381 e. The maximum absolute atomic E-state index is 4.11. The van der Waals surface area contributed by atoms with E-state index in [0.717, 1.165) is 13.0 Å². The second-order valence-electron chi connectivity index (χ2n) is 4.16. The number of benzene rings is 1. The Balaban J connectivity index is 2.09. The van der Waals surface area contributed by atoms with Gasteiger partial charge in [0.25, 0.3) is 0 Å². The largest absolute Gasteiger partial charge is 0.381 e. The molecule has 17 heavy (non-hydrogen) atoms. The van der Waals surface area contributed by atoms with Gasteiger partial charge in [-0.1, -0.05) is 25.1 Å². The first-order valence-electron chi connectivity index (χ1n) is 6.02. The number of aryl methyl sites for hydroxylation is 1. The average Bonchev–Trinajstić information content (AvgIpc) is 2.39. The highest BCUT2D eigenvalue weighted by atomic mass is 14.9. The molecule has 0 radical (unpaired) electrons. The molecule has 1 N–H and O–H groups in total. The van der Waals surface area contributed by atoms with Crippen LogP contribution in [0, 0.1) is 6.92 Å². The van der Waals surface area contributed by atoms with Gasteiger partial charge in [-0.2, -0.15) is 0 Å². The van der Waals surface area contributed by atoms with Crippen LogP contribution < -0.4 is 5.32 Å². The highest BCUT2D eigenvalue weighted by molar-refractivity contribution is 5.54. The lowest BCUT2D eigenvalue weighted by molar-refractivity contribution is 1.08. The van der Waals surface area contributed by atoms with E-state index in [1.165, 1.54) is 22.4 Å². The summed E-state index contributed by atoms with van der Waals surface area (Å²) in [5.74, 6) is 0. The van der Waals surface area contributed by atoms with E-state index in [2.05, 4.69) is 48.4 Å². The number of hydrogen-bond donors (Lipinski definition) is 1. The molecule has 0 spiro atoms. The molecule has 1 aromatic heterocycles. The average molecular weight is 226 g/mol. The van der Waals surface area contributed by atoms with Gasteiger partial charge in [-0.15, -0.1) is 0 Å². The molecule has 1 aromatic carbocycles. The summed E-state index contributed by atoms with van der Waals surface area (Å²) in [5, 5.41) is 3.46. The fraction of sp³-hybridized carbons (Fsp3) is 0.267. The first kappa shape index (κ1) is 11.6. The molecule has 0 unspecified atom stereocenters. The lowest BCUT2D eigenvalue weighted by Gasteiger charge is -2.12. The Hall–Kier alpha value is -1.83. The zero-order valence-corrected chi connectivity index (χ0v) is 10.4. The molecule has 0 amide bonds. The van der Waals surface area contributed by atoms with Crippen molar-refractivity contribution in [1.29, 1.82) is 0 Å². The molecule has 0 aliphatic carbocycles. The monoisotopic (exact) mass is 226 g/mol. The van der Waals surface area contributed by atoms with Gasteiger partial charge < -0.3 is 5.32 Å². The second-order valence-corrected chi connectivity index (χ2v) is 4.16. The van der Waals surface area contributed by atoms with E-state index in [-0.39, 0.29) is 0 Å². The Kier molecular flexibility index (Phi) is 3.76. The molecule has 2 nitrogen and oxygen atoms in total. The molecular formula is C15H18N2. The topological polar surface area (TPSA) is 24.9 Å². The highest BCUT2D eigenvalue weighted by Gasteiger charge is 2.01. The van der Waals surface area contributed by atoms with Gasteiger partial charge in [0, 0.05) is 24.6 Å². The van der Waals surface area contributed by atoms with Crippen molar-refractivity contribution >= 4 is 5.69 Å². The van der Waals surface area contributed by atoms with E-state index in [4.69, 9.17) is 0 Å².